The summed E-state index contributed by atoms with van der Waals surface area (Å²) < 4.78 is 5.35. The molecular weight excluding hydrogens is 248 g/mol. The zero-order valence-corrected chi connectivity index (χ0v) is 11.2. The van der Waals surface area contributed by atoms with Gasteiger partial charge in [-0.15, -0.1) is 0 Å². The van der Waals surface area contributed by atoms with Gasteiger partial charge in [0.25, 0.3) is 0 Å². The van der Waals surface area contributed by atoms with Crippen molar-refractivity contribution < 1.29 is 4.74 Å². The van der Waals surface area contributed by atoms with Crippen LogP contribution in [0.1, 0.15) is 23.9 Å². The quantitative estimate of drug-likeness (QED) is 0.792. The predicted octanol–water partition coefficient (Wildman–Crippen LogP) is 3.43. The normalized spacial score (nSPS) is 10.4. The van der Waals surface area contributed by atoms with Crippen LogP contribution in [-0.2, 0) is 6.42 Å². The van der Waals surface area contributed by atoms with Gasteiger partial charge in [-0.2, -0.15) is 4.98 Å². The summed E-state index contributed by atoms with van der Waals surface area (Å²) in [6.07, 6.45) is 0.655. The lowest BCUT2D eigenvalue weighted by atomic mass is 10.1. The van der Waals surface area contributed by atoms with Gasteiger partial charge >= 0.3 is 0 Å². The van der Waals surface area contributed by atoms with Crippen molar-refractivity contribution in [2.45, 2.75) is 20.3 Å². The molecule has 3 nitrogen and oxygen atoms in total. The van der Waals surface area contributed by atoms with Crippen molar-refractivity contribution in [3.63, 3.8) is 0 Å². The maximum absolute atomic E-state index is 5.95. The number of rotatable bonds is 4. The molecule has 0 atom stereocenters. The number of hydrogen-bond acceptors (Lipinski definition) is 3. The van der Waals surface area contributed by atoms with Crippen LogP contribution in [0.25, 0.3) is 0 Å². The van der Waals surface area contributed by atoms with E-state index < -0.39 is 0 Å². The van der Waals surface area contributed by atoms with Gasteiger partial charge in [0.05, 0.1) is 6.61 Å². The average molecular weight is 263 g/mol. The van der Waals surface area contributed by atoms with Crippen molar-refractivity contribution in [3.8, 4) is 5.88 Å². The third-order valence-electron chi connectivity index (χ3n) is 2.45. The zero-order valence-electron chi connectivity index (χ0n) is 10.5. The molecule has 0 saturated heterocycles. The van der Waals surface area contributed by atoms with Crippen LogP contribution in [0, 0.1) is 6.92 Å². The van der Waals surface area contributed by atoms with Gasteiger partial charge in [0.1, 0.15) is 11.0 Å². The monoisotopic (exact) mass is 262 g/mol. The van der Waals surface area contributed by atoms with Gasteiger partial charge in [-0.1, -0.05) is 41.4 Å². The third kappa shape index (κ3) is 3.44. The highest BCUT2D eigenvalue weighted by molar-refractivity contribution is 6.29. The van der Waals surface area contributed by atoms with E-state index in [9.17, 15) is 0 Å². The smallest absolute Gasteiger partial charge is 0.218 e. The van der Waals surface area contributed by atoms with Gasteiger partial charge in [-0.05, 0) is 19.4 Å². The molecule has 0 fully saturated rings. The molecule has 0 spiro atoms. The van der Waals surface area contributed by atoms with Gasteiger partial charge in [-0.3, -0.25) is 0 Å². The summed E-state index contributed by atoms with van der Waals surface area (Å²) in [6, 6.07) is 9.89. The van der Waals surface area contributed by atoms with Crippen molar-refractivity contribution in [2.75, 3.05) is 6.61 Å². The second-order valence-electron chi connectivity index (χ2n) is 4.04. The molecule has 2 aromatic rings. The van der Waals surface area contributed by atoms with E-state index in [1.165, 1.54) is 11.1 Å². The van der Waals surface area contributed by atoms with Gasteiger partial charge in [0.15, 0.2) is 0 Å². The lowest BCUT2D eigenvalue weighted by Gasteiger charge is -2.06. The highest BCUT2D eigenvalue weighted by Crippen LogP contribution is 2.16. The first kappa shape index (κ1) is 12.8. The Kier molecular flexibility index (Phi) is 4.15. The maximum atomic E-state index is 5.95. The van der Waals surface area contributed by atoms with Crippen LogP contribution < -0.4 is 4.74 Å². The van der Waals surface area contributed by atoms with Crippen molar-refractivity contribution >= 4 is 11.6 Å². The molecule has 0 aliphatic rings. The van der Waals surface area contributed by atoms with Crippen LogP contribution in [0.4, 0.5) is 0 Å². The Morgan fingerprint density at radius 1 is 1.22 bits per heavy atom. The van der Waals surface area contributed by atoms with E-state index in [1.54, 1.807) is 6.07 Å². The molecule has 94 valence electrons. The fourth-order valence-corrected chi connectivity index (χ4v) is 1.94. The second kappa shape index (κ2) is 5.83. The number of nitrogens with zero attached hydrogens (tertiary/aromatic N) is 2. The lowest BCUT2D eigenvalue weighted by Crippen LogP contribution is -2.01. The molecule has 2 rings (SSSR count). The molecule has 0 amide bonds. The summed E-state index contributed by atoms with van der Waals surface area (Å²) >= 11 is 5.95. The summed E-state index contributed by atoms with van der Waals surface area (Å²) in [4.78, 5) is 8.55. The molecule has 18 heavy (non-hydrogen) atoms. The average Bonchev–Trinajstić information content (AvgIpc) is 2.28. The van der Waals surface area contributed by atoms with Crippen molar-refractivity contribution in [2.24, 2.45) is 0 Å². The van der Waals surface area contributed by atoms with Gasteiger partial charge < -0.3 is 4.74 Å². The number of aromatic nitrogens is 2. The molecule has 0 aliphatic carbocycles. The number of hydrogen-bond donors (Lipinski definition) is 0. The molecule has 0 saturated carbocycles. The minimum atomic E-state index is 0.413. The first-order chi connectivity index (χ1) is 8.67. The Morgan fingerprint density at radius 3 is 2.78 bits per heavy atom. The minimum absolute atomic E-state index is 0.413. The van der Waals surface area contributed by atoms with Gasteiger partial charge in [0.2, 0.25) is 5.88 Å². The van der Waals surface area contributed by atoms with E-state index in [2.05, 4.69) is 35.1 Å². The van der Waals surface area contributed by atoms with Crippen LogP contribution in [-0.4, -0.2) is 16.6 Å². The zero-order chi connectivity index (χ0) is 13.0. The first-order valence-electron chi connectivity index (χ1n) is 5.89. The van der Waals surface area contributed by atoms with Crippen LogP contribution in [0.2, 0.25) is 5.15 Å². The standard InChI is InChI=1S/C14H15ClN2O/c1-3-18-14-9-12(15)16-13(17-14)8-11-6-4-5-10(2)7-11/h4-7,9H,3,8H2,1-2H3. The third-order valence-corrected chi connectivity index (χ3v) is 2.65. The second-order valence-corrected chi connectivity index (χ2v) is 4.43. The van der Waals surface area contributed by atoms with Crippen LogP contribution in [0.5, 0.6) is 5.88 Å². The molecule has 4 heteroatoms. The number of halogens is 1. The van der Waals surface area contributed by atoms with Gasteiger partial charge in [0, 0.05) is 12.5 Å². The molecule has 0 bridgehead atoms. The van der Waals surface area contributed by atoms with E-state index in [0.29, 0.717) is 29.9 Å². The SMILES string of the molecule is CCOc1cc(Cl)nc(Cc2cccc(C)c2)n1. The molecule has 1 heterocycles. The predicted molar refractivity (Wildman–Crippen MR) is 72.2 cm³/mol. The fourth-order valence-electron chi connectivity index (χ4n) is 1.75. The number of aryl methyl sites for hydroxylation is 1. The Labute approximate surface area is 112 Å². The Bertz CT molecular complexity index is 543. The molecule has 0 radical (unpaired) electrons. The van der Waals surface area contributed by atoms with Crippen LogP contribution in [0.3, 0.4) is 0 Å². The largest absolute Gasteiger partial charge is 0.478 e. The molecule has 1 aromatic carbocycles. The summed E-state index contributed by atoms with van der Waals surface area (Å²) in [6.45, 7) is 4.54. The highest BCUT2D eigenvalue weighted by Gasteiger charge is 2.05. The van der Waals surface area contributed by atoms with Crippen molar-refractivity contribution in [1.29, 1.82) is 0 Å². The minimum Gasteiger partial charge on any atom is -0.478 e. The first-order valence-corrected chi connectivity index (χ1v) is 6.27. The summed E-state index contributed by atoms with van der Waals surface area (Å²) in [5, 5.41) is 0.413. The highest BCUT2D eigenvalue weighted by atomic mass is 35.5. The molecule has 0 N–H and O–H groups in total. The summed E-state index contributed by atoms with van der Waals surface area (Å²) in [5.41, 5.74) is 2.39. The van der Waals surface area contributed by atoms with E-state index >= 15 is 0 Å². The van der Waals surface area contributed by atoms with Crippen molar-refractivity contribution in [1.82, 2.24) is 9.97 Å². The number of ether oxygens (including phenoxy) is 1. The fraction of sp³-hybridized carbons (Fsp3) is 0.286. The molecule has 1 aromatic heterocycles. The van der Waals surface area contributed by atoms with Crippen LogP contribution in [0.15, 0.2) is 30.3 Å². The van der Waals surface area contributed by atoms with E-state index in [4.69, 9.17) is 16.3 Å². The van der Waals surface area contributed by atoms with Crippen LogP contribution >= 0.6 is 11.6 Å². The molecular formula is C14H15ClN2O. The van der Waals surface area contributed by atoms with E-state index in [1.807, 2.05) is 13.0 Å². The lowest BCUT2D eigenvalue weighted by molar-refractivity contribution is 0.325. The topological polar surface area (TPSA) is 35.0 Å². The summed E-state index contributed by atoms with van der Waals surface area (Å²) in [5.74, 6) is 1.21. The molecule has 0 unspecified atom stereocenters. The van der Waals surface area contributed by atoms with Gasteiger partial charge in [-0.25, -0.2) is 4.98 Å². The van der Waals surface area contributed by atoms with E-state index in [-0.39, 0.29) is 0 Å². The number of benzene rings is 1. The Balaban J connectivity index is 2.23. The summed E-state index contributed by atoms with van der Waals surface area (Å²) in [7, 11) is 0. The maximum Gasteiger partial charge on any atom is 0.218 e. The van der Waals surface area contributed by atoms with Crippen molar-refractivity contribution in [3.05, 3.63) is 52.4 Å². The Morgan fingerprint density at radius 2 is 2.06 bits per heavy atom. The molecule has 0 aliphatic heterocycles. The van der Waals surface area contributed by atoms with E-state index in [0.717, 1.165) is 0 Å². The Hall–Kier alpha value is -1.61.